The maximum absolute atomic E-state index is 13.5. The fraction of sp³-hybridized carbons (Fsp3) is 0.333. The van der Waals surface area contributed by atoms with Crippen LogP contribution in [0, 0.1) is 6.92 Å². The summed E-state index contributed by atoms with van der Waals surface area (Å²) in [7, 11) is 0. The van der Waals surface area contributed by atoms with Crippen LogP contribution in [0.5, 0.6) is 5.75 Å². The van der Waals surface area contributed by atoms with Crippen molar-refractivity contribution < 1.29 is 9.53 Å². The van der Waals surface area contributed by atoms with Crippen LogP contribution in [0.2, 0.25) is 0 Å². The first-order valence-electron chi connectivity index (χ1n) is 10.0. The average molecular weight is 374 g/mol. The first-order chi connectivity index (χ1) is 13.6. The molecule has 1 fully saturated rings. The molecule has 1 saturated carbocycles. The summed E-state index contributed by atoms with van der Waals surface area (Å²) in [5.41, 5.74) is 3.43. The van der Waals surface area contributed by atoms with Gasteiger partial charge in [0.15, 0.2) is 0 Å². The van der Waals surface area contributed by atoms with Crippen LogP contribution in [0.4, 0.5) is 5.69 Å². The van der Waals surface area contributed by atoms with Crippen molar-refractivity contribution >= 4 is 22.5 Å². The minimum atomic E-state index is -0.458. The molecule has 1 aliphatic rings. The summed E-state index contributed by atoms with van der Waals surface area (Å²) in [6, 6.07) is 16.1. The van der Waals surface area contributed by atoms with E-state index in [-0.39, 0.29) is 5.91 Å². The third-order valence-electron chi connectivity index (χ3n) is 5.78. The Hall–Kier alpha value is -2.88. The maximum atomic E-state index is 13.5. The van der Waals surface area contributed by atoms with Gasteiger partial charge >= 0.3 is 0 Å². The molecule has 4 rings (SSSR count). The zero-order chi connectivity index (χ0) is 19.6. The Labute approximate surface area is 165 Å². The highest BCUT2D eigenvalue weighted by atomic mass is 16.5. The van der Waals surface area contributed by atoms with E-state index >= 15 is 0 Å². The van der Waals surface area contributed by atoms with Gasteiger partial charge in [0.1, 0.15) is 11.3 Å². The van der Waals surface area contributed by atoms with E-state index in [0.29, 0.717) is 6.61 Å². The molecule has 1 aromatic heterocycles. The van der Waals surface area contributed by atoms with E-state index in [9.17, 15) is 4.79 Å². The van der Waals surface area contributed by atoms with Gasteiger partial charge in [0, 0.05) is 11.6 Å². The van der Waals surface area contributed by atoms with E-state index in [2.05, 4.69) is 41.5 Å². The van der Waals surface area contributed by atoms with Crippen molar-refractivity contribution in [1.82, 2.24) is 4.98 Å². The molecule has 144 valence electrons. The number of fused-ring (bicyclic) bond motifs is 1. The molecule has 1 amide bonds. The number of amides is 1. The summed E-state index contributed by atoms with van der Waals surface area (Å²) in [5.74, 6) is 0.813. The fourth-order valence-corrected chi connectivity index (χ4v) is 4.27. The molecule has 0 bridgehead atoms. The Morgan fingerprint density at radius 2 is 1.86 bits per heavy atom. The van der Waals surface area contributed by atoms with Crippen molar-refractivity contribution in [3.05, 3.63) is 65.9 Å². The lowest BCUT2D eigenvalue weighted by Crippen LogP contribution is -2.38. The standard InChI is InChI=1S/C24H26N2O2/c1-3-28-21-13-12-20(19-7-6-16-25-22(19)21)26-23(27)24(14-4-5-15-24)18-10-8-17(2)9-11-18/h6-13,16H,3-5,14-15H2,1-2H3,(H,26,27). The number of aryl methyl sites for hydroxylation is 1. The number of aromatic nitrogens is 1. The van der Waals surface area contributed by atoms with Crippen LogP contribution >= 0.6 is 0 Å². The number of carbonyl (C=O) groups excluding carboxylic acids is 1. The highest BCUT2D eigenvalue weighted by Gasteiger charge is 2.42. The van der Waals surface area contributed by atoms with Gasteiger partial charge in [-0.25, -0.2) is 0 Å². The summed E-state index contributed by atoms with van der Waals surface area (Å²) in [6.45, 7) is 4.61. The van der Waals surface area contributed by atoms with E-state index in [1.807, 2.05) is 31.2 Å². The SMILES string of the molecule is CCOc1ccc(NC(=O)C2(c3ccc(C)cc3)CCCC2)c2cccnc12. The topological polar surface area (TPSA) is 51.2 Å². The average Bonchev–Trinajstić information content (AvgIpc) is 3.22. The van der Waals surface area contributed by atoms with Crippen molar-refractivity contribution in [2.24, 2.45) is 0 Å². The smallest absolute Gasteiger partial charge is 0.235 e. The van der Waals surface area contributed by atoms with E-state index < -0.39 is 5.41 Å². The molecule has 0 atom stereocenters. The molecule has 3 aromatic rings. The minimum absolute atomic E-state index is 0.0724. The third kappa shape index (κ3) is 3.24. The van der Waals surface area contributed by atoms with Crippen LogP contribution in [0.25, 0.3) is 10.9 Å². The second kappa shape index (κ2) is 7.63. The zero-order valence-corrected chi connectivity index (χ0v) is 16.5. The Morgan fingerprint density at radius 3 is 2.57 bits per heavy atom. The van der Waals surface area contributed by atoms with Crippen molar-refractivity contribution in [2.45, 2.75) is 44.9 Å². The predicted octanol–water partition coefficient (Wildman–Crippen LogP) is 5.39. The van der Waals surface area contributed by atoms with Gasteiger partial charge in [0.25, 0.3) is 0 Å². The summed E-state index contributed by atoms with van der Waals surface area (Å²) in [6.07, 6.45) is 5.67. The number of benzene rings is 2. The van der Waals surface area contributed by atoms with Crippen LogP contribution in [-0.4, -0.2) is 17.5 Å². The predicted molar refractivity (Wildman–Crippen MR) is 113 cm³/mol. The molecule has 4 nitrogen and oxygen atoms in total. The van der Waals surface area contributed by atoms with Gasteiger partial charge in [0.05, 0.1) is 17.7 Å². The number of pyridine rings is 1. The van der Waals surface area contributed by atoms with Gasteiger partial charge in [-0.1, -0.05) is 42.7 Å². The van der Waals surface area contributed by atoms with Gasteiger partial charge in [0.2, 0.25) is 5.91 Å². The molecule has 2 aromatic carbocycles. The zero-order valence-electron chi connectivity index (χ0n) is 16.5. The quantitative estimate of drug-likeness (QED) is 0.651. The molecular weight excluding hydrogens is 348 g/mol. The number of rotatable bonds is 5. The molecule has 0 saturated heterocycles. The summed E-state index contributed by atoms with van der Waals surface area (Å²) in [5, 5.41) is 4.12. The lowest BCUT2D eigenvalue weighted by Gasteiger charge is -2.29. The molecular formula is C24H26N2O2. The summed E-state index contributed by atoms with van der Waals surface area (Å²) in [4.78, 5) is 18.0. The second-order valence-electron chi connectivity index (χ2n) is 7.55. The molecule has 0 unspecified atom stereocenters. The van der Waals surface area contributed by atoms with Gasteiger partial charge in [-0.3, -0.25) is 9.78 Å². The monoisotopic (exact) mass is 374 g/mol. The third-order valence-corrected chi connectivity index (χ3v) is 5.78. The highest BCUT2D eigenvalue weighted by molar-refractivity contribution is 6.06. The second-order valence-corrected chi connectivity index (χ2v) is 7.55. The van der Waals surface area contributed by atoms with Crippen molar-refractivity contribution in [1.29, 1.82) is 0 Å². The van der Waals surface area contributed by atoms with Crippen molar-refractivity contribution in [3.8, 4) is 5.75 Å². The number of hydrogen-bond donors (Lipinski definition) is 1. The first kappa shape index (κ1) is 18.5. The number of hydrogen-bond acceptors (Lipinski definition) is 3. The molecule has 0 spiro atoms. The largest absolute Gasteiger partial charge is 0.492 e. The first-order valence-corrected chi connectivity index (χ1v) is 10.0. The highest BCUT2D eigenvalue weighted by Crippen LogP contribution is 2.42. The van der Waals surface area contributed by atoms with Crippen LogP contribution in [0.1, 0.15) is 43.7 Å². The maximum Gasteiger partial charge on any atom is 0.235 e. The number of nitrogens with one attached hydrogen (secondary N) is 1. The minimum Gasteiger partial charge on any atom is -0.492 e. The van der Waals surface area contributed by atoms with Crippen LogP contribution in [0.15, 0.2) is 54.7 Å². The van der Waals surface area contributed by atoms with E-state index in [1.54, 1.807) is 6.20 Å². The summed E-state index contributed by atoms with van der Waals surface area (Å²) < 4.78 is 5.70. The van der Waals surface area contributed by atoms with Gasteiger partial charge in [-0.15, -0.1) is 0 Å². The molecule has 1 heterocycles. The molecule has 28 heavy (non-hydrogen) atoms. The number of ether oxygens (including phenoxy) is 1. The molecule has 1 aliphatic carbocycles. The van der Waals surface area contributed by atoms with Crippen molar-refractivity contribution in [2.75, 3.05) is 11.9 Å². The molecule has 0 aliphatic heterocycles. The fourth-order valence-electron chi connectivity index (χ4n) is 4.27. The van der Waals surface area contributed by atoms with E-state index in [1.165, 1.54) is 5.56 Å². The molecule has 0 radical (unpaired) electrons. The molecule has 4 heteroatoms. The van der Waals surface area contributed by atoms with Crippen LogP contribution < -0.4 is 10.1 Å². The molecule has 1 N–H and O–H groups in total. The summed E-state index contributed by atoms with van der Waals surface area (Å²) >= 11 is 0. The number of nitrogens with zero attached hydrogens (tertiary/aromatic N) is 1. The van der Waals surface area contributed by atoms with Crippen LogP contribution in [-0.2, 0) is 10.2 Å². The Bertz CT molecular complexity index is 989. The van der Waals surface area contributed by atoms with Crippen LogP contribution in [0.3, 0.4) is 0 Å². The van der Waals surface area contributed by atoms with E-state index in [4.69, 9.17) is 4.74 Å². The number of anilines is 1. The Balaban J connectivity index is 1.71. The van der Waals surface area contributed by atoms with E-state index in [0.717, 1.165) is 53.6 Å². The lowest BCUT2D eigenvalue weighted by molar-refractivity contribution is -0.121. The lowest BCUT2D eigenvalue weighted by atomic mass is 9.77. The number of carbonyl (C=O) groups is 1. The Morgan fingerprint density at radius 1 is 1.11 bits per heavy atom. The van der Waals surface area contributed by atoms with Gasteiger partial charge in [-0.05, 0) is 56.5 Å². The van der Waals surface area contributed by atoms with Gasteiger partial charge in [-0.2, -0.15) is 0 Å². The van der Waals surface area contributed by atoms with Gasteiger partial charge < -0.3 is 10.1 Å². The normalized spacial score (nSPS) is 15.5. The Kier molecular flexibility index (Phi) is 5.03. The van der Waals surface area contributed by atoms with Crippen molar-refractivity contribution in [3.63, 3.8) is 0 Å².